The summed E-state index contributed by atoms with van der Waals surface area (Å²) in [6.07, 6.45) is 0. The van der Waals surface area contributed by atoms with E-state index < -0.39 is 0 Å². The van der Waals surface area contributed by atoms with Gasteiger partial charge in [-0.05, 0) is 122 Å². The molecule has 6 rings (SSSR count). The van der Waals surface area contributed by atoms with Crippen LogP contribution in [0.25, 0.3) is 11.1 Å². The zero-order chi connectivity index (χ0) is 29.1. The van der Waals surface area contributed by atoms with Crippen molar-refractivity contribution in [2.24, 2.45) is 0 Å². The Balaban J connectivity index is 1.45. The first-order valence-corrected chi connectivity index (χ1v) is 14.6. The van der Waals surface area contributed by atoms with Gasteiger partial charge in [0.25, 0.3) is 0 Å². The Morgan fingerprint density at radius 1 is 0.310 bits per heavy atom. The summed E-state index contributed by atoms with van der Waals surface area (Å²) in [5.41, 5.74) is 14.7. The van der Waals surface area contributed by atoms with Gasteiger partial charge in [0, 0.05) is 28.4 Å². The minimum Gasteiger partial charge on any atom is -0.311 e. The van der Waals surface area contributed by atoms with Gasteiger partial charge < -0.3 is 9.80 Å². The number of para-hydroxylation sites is 4. The summed E-state index contributed by atoms with van der Waals surface area (Å²) in [4.78, 5) is 4.70. The van der Waals surface area contributed by atoms with Crippen LogP contribution in [0, 0.1) is 27.7 Å². The number of rotatable bonds is 7. The van der Waals surface area contributed by atoms with Crippen molar-refractivity contribution < 1.29 is 0 Å². The molecular weight excluding hydrogens is 508 g/mol. The van der Waals surface area contributed by atoms with Gasteiger partial charge in [-0.25, -0.2) is 0 Å². The zero-order valence-corrected chi connectivity index (χ0v) is 24.8. The molecule has 0 aromatic heterocycles. The van der Waals surface area contributed by atoms with Crippen LogP contribution in [0.3, 0.4) is 0 Å². The third-order valence-corrected chi connectivity index (χ3v) is 8.28. The van der Waals surface area contributed by atoms with Crippen molar-refractivity contribution >= 4 is 34.1 Å². The Morgan fingerprint density at radius 3 is 0.976 bits per heavy atom. The summed E-state index contributed by atoms with van der Waals surface area (Å²) in [5, 5.41) is 0. The molecule has 0 atom stereocenters. The highest BCUT2D eigenvalue weighted by Crippen LogP contribution is 2.45. The molecule has 0 fully saturated rings. The van der Waals surface area contributed by atoms with Crippen LogP contribution in [0.15, 0.2) is 146 Å². The van der Waals surface area contributed by atoms with Crippen LogP contribution in [0.2, 0.25) is 0 Å². The van der Waals surface area contributed by atoms with Gasteiger partial charge >= 0.3 is 0 Å². The third-order valence-electron chi connectivity index (χ3n) is 8.28. The summed E-state index contributed by atoms with van der Waals surface area (Å²) >= 11 is 0. The quantitative estimate of drug-likeness (QED) is 0.197. The molecule has 6 aromatic rings. The van der Waals surface area contributed by atoms with E-state index in [0.717, 1.165) is 28.4 Å². The molecule has 0 aliphatic heterocycles. The van der Waals surface area contributed by atoms with E-state index in [1.54, 1.807) is 0 Å². The molecule has 0 radical (unpaired) electrons. The van der Waals surface area contributed by atoms with Crippen LogP contribution in [0.1, 0.15) is 22.3 Å². The highest BCUT2D eigenvalue weighted by atomic mass is 15.1. The fourth-order valence-corrected chi connectivity index (χ4v) is 6.00. The largest absolute Gasteiger partial charge is 0.311 e. The van der Waals surface area contributed by atoms with Crippen LogP contribution in [0.5, 0.6) is 0 Å². The van der Waals surface area contributed by atoms with Crippen molar-refractivity contribution in [3.8, 4) is 11.1 Å². The Labute approximate surface area is 250 Å². The smallest absolute Gasteiger partial charge is 0.0525 e. The van der Waals surface area contributed by atoms with Gasteiger partial charge in [-0.2, -0.15) is 0 Å². The van der Waals surface area contributed by atoms with Gasteiger partial charge in [0.2, 0.25) is 0 Å². The first-order valence-electron chi connectivity index (χ1n) is 14.6. The molecule has 0 aliphatic carbocycles. The summed E-state index contributed by atoms with van der Waals surface area (Å²) in [6, 6.07) is 51.5. The molecule has 0 bridgehead atoms. The van der Waals surface area contributed by atoms with Crippen molar-refractivity contribution in [1.29, 1.82) is 0 Å². The number of anilines is 6. The van der Waals surface area contributed by atoms with Gasteiger partial charge in [-0.15, -0.1) is 0 Å². The topological polar surface area (TPSA) is 6.48 Å². The number of nitrogens with zero attached hydrogens (tertiary/aromatic N) is 2. The Kier molecular flexibility index (Phi) is 7.62. The summed E-state index contributed by atoms with van der Waals surface area (Å²) in [7, 11) is 0. The summed E-state index contributed by atoms with van der Waals surface area (Å²) < 4.78 is 0. The molecule has 2 nitrogen and oxygen atoms in total. The zero-order valence-electron chi connectivity index (χ0n) is 24.8. The lowest BCUT2D eigenvalue weighted by Gasteiger charge is -2.31. The van der Waals surface area contributed by atoms with Gasteiger partial charge in [-0.1, -0.05) is 84.9 Å². The lowest BCUT2D eigenvalue weighted by molar-refractivity contribution is 1.17. The average Bonchev–Trinajstić information content (AvgIpc) is 3.05. The predicted molar refractivity (Wildman–Crippen MR) is 180 cm³/mol. The van der Waals surface area contributed by atoms with E-state index in [9.17, 15) is 0 Å². The normalized spacial score (nSPS) is 10.9. The second kappa shape index (κ2) is 11.8. The first kappa shape index (κ1) is 27.1. The number of hydrogen-bond donors (Lipinski definition) is 0. The highest BCUT2D eigenvalue weighted by Gasteiger charge is 2.23. The minimum atomic E-state index is 1.14. The van der Waals surface area contributed by atoms with E-state index >= 15 is 0 Å². The molecule has 0 heterocycles. The van der Waals surface area contributed by atoms with E-state index in [0.29, 0.717) is 0 Å². The molecule has 2 heteroatoms. The van der Waals surface area contributed by atoms with Crippen LogP contribution in [-0.4, -0.2) is 0 Å². The van der Waals surface area contributed by atoms with Gasteiger partial charge in [0.05, 0.1) is 5.69 Å². The van der Waals surface area contributed by atoms with E-state index in [4.69, 9.17) is 0 Å². The van der Waals surface area contributed by atoms with E-state index in [1.807, 2.05) is 0 Å². The average molecular weight is 545 g/mol. The van der Waals surface area contributed by atoms with E-state index in [-0.39, 0.29) is 0 Å². The third kappa shape index (κ3) is 5.08. The Hall–Kier alpha value is -5.08. The standard InChI is InChI=1S/C40H36N2/c1-29-31(3)40(42(36-21-13-7-14-22-36)37-23-15-8-16-24-37)32(4)30(2)39(29)33-25-27-38(28-26-33)41(34-17-9-5-10-18-34)35-19-11-6-12-20-35/h5-28H,1-4H3. The maximum atomic E-state index is 2.40. The molecule has 0 unspecified atom stereocenters. The second-order valence-electron chi connectivity index (χ2n) is 10.8. The highest BCUT2D eigenvalue weighted by molar-refractivity contribution is 5.87. The number of hydrogen-bond acceptors (Lipinski definition) is 2. The molecule has 0 N–H and O–H groups in total. The van der Waals surface area contributed by atoms with E-state index in [2.05, 4.69) is 183 Å². The molecule has 0 saturated carbocycles. The lowest BCUT2D eigenvalue weighted by Crippen LogP contribution is -2.15. The van der Waals surface area contributed by atoms with Gasteiger partial charge in [-0.3, -0.25) is 0 Å². The SMILES string of the molecule is Cc1c(C)c(N(c2ccccc2)c2ccccc2)c(C)c(C)c1-c1ccc(N(c2ccccc2)c2ccccc2)cc1. The van der Waals surface area contributed by atoms with Crippen molar-refractivity contribution in [3.63, 3.8) is 0 Å². The van der Waals surface area contributed by atoms with Crippen LogP contribution >= 0.6 is 0 Å². The van der Waals surface area contributed by atoms with Crippen molar-refractivity contribution in [2.75, 3.05) is 9.80 Å². The first-order chi connectivity index (χ1) is 20.5. The molecule has 0 amide bonds. The van der Waals surface area contributed by atoms with Crippen molar-refractivity contribution in [3.05, 3.63) is 168 Å². The molecular formula is C40H36N2. The molecule has 206 valence electrons. The van der Waals surface area contributed by atoms with E-state index in [1.165, 1.54) is 39.1 Å². The molecule has 0 aliphatic rings. The van der Waals surface area contributed by atoms with Gasteiger partial charge in [0.15, 0.2) is 0 Å². The van der Waals surface area contributed by atoms with Crippen LogP contribution in [0.4, 0.5) is 34.1 Å². The van der Waals surface area contributed by atoms with Crippen LogP contribution < -0.4 is 9.80 Å². The van der Waals surface area contributed by atoms with Crippen LogP contribution in [-0.2, 0) is 0 Å². The fourth-order valence-electron chi connectivity index (χ4n) is 6.00. The maximum absolute atomic E-state index is 2.40. The fraction of sp³-hybridized carbons (Fsp3) is 0.100. The summed E-state index contributed by atoms with van der Waals surface area (Å²) in [5.74, 6) is 0. The Bertz CT molecular complexity index is 1670. The molecule has 42 heavy (non-hydrogen) atoms. The molecule has 0 spiro atoms. The van der Waals surface area contributed by atoms with Crippen molar-refractivity contribution in [1.82, 2.24) is 0 Å². The molecule has 6 aromatic carbocycles. The lowest BCUT2D eigenvalue weighted by atomic mass is 9.87. The number of benzene rings is 6. The monoisotopic (exact) mass is 544 g/mol. The maximum Gasteiger partial charge on any atom is 0.0525 e. The minimum absolute atomic E-state index is 1.14. The molecule has 0 saturated heterocycles. The second-order valence-corrected chi connectivity index (χ2v) is 10.8. The summed E-state index contributed by atoms with van der Waals surface area (Å²) in [6.45, 7) is 9.06. The van der Waals surface area contributed by atoms with Crippen molar-refractivity contribution in [2.45, 2.75) is 27.7 Å². The Morgan fingerprint density at radius 2 is 0.619 bits per heavy atom. The predicted octanol–water partition coefficient (Wildman–Crippen LogP) is 11.5. The van der Waals surface area contributed by atoms with Gasteiger partial charge in [0.1, 0.15) is 0 Å².